The summed E-state index contributed by atoms with van der Waals surface area (Å²) in [5.74, 6) is 0.712. The lowest BCUT2D eigenvalue weighted by atomic mass is 9.76. The van der Waals surface area contributed by atoms with Crippen LogP contribution in [0.5, 0.6) is 0 Å². The molecule has 0 amide bonds. The van der Waals surface area contributed by atoms with Gasteiger partial charge >= 0.3 is 0 Å². The highest BCUT2D eigenvalue weighted by atomic mass is 15.0. The van der Waals surface area contributed by atoms with Gasteiger partial charge in [0.25, 0.3) is 0 Å². The Balaban J connectivity index is 1.95. The van der Waals surface area contributed by atoms with Crippen LogP contribution in [0.4, 0.5) is 0 Å². The molecule has 16 heavy (non-hydrogen) atoms. The summed E-state index contributed by atoms with van der Waals surface area (Å²) in [6.07, 6.45) is 11.3. The van der Waals surface area contributed by atoms with Gasteiger partial charge in [-0.05, 0) is 31.6 Å². The minimum Gasteiger partial charge on any atom is -0.297 e. The average Bonchev–Trinajstić information content (AvgIpc) is 2.30. The van der Waals surface area contributed by atoms with E-state index in [2.05, 4.69) is 18.3 Å². The first-order valence-electron chi connectivity index (χ1n) is 6.93. The fraction of sp³-hybridized carbons (Fsp3) is 0.929. The second-order valence-electron chi connectivity index (χ2n) is 5.87. The van der Waals surface area contributed by atoms with Crippen LogP contribution in [0.25, 0.3) is 0 Å². The summed E-state index contributed by atoms with van der Waals surface area (Å²) >= 11 is 0. The van der Waals surface area contributed by atoms with E-state index < -0.39 is 0 Å². The first-order chi connectivity index (χ1) is 7.74. The number of nitrogens with zero attached hydrogens (tertiary/aromatic N) is 1. The van der Waals surface area contributed by atoms with E-state index in [1.165, 1.54) is 44.9 Å². The van der Waals surface area contributed by atoms with Gasteiger partial charge < -0.3 is 0 Å². The van der Waals surface area contributed by atoms with Crippen molar-refractivity contribution >= 4 is 0 Å². The van der Waals surface area contributed by atoms with E-state index in [1.807, 2.05) is 0 Å². The summed E-state index contributed by atoms with van der Waals surface area (Å²) in [5.41, 5.74) is -0.195. The van der Waals surface area contributed by atoms with Gasteiger partial charge in [0.1, 0.15) is 5.54 Å². The van der Waals surface area contributed by atoms with E-state index >= 15 is 0 Å². The van der Waals surface area contributed by atoms with Gasteiger partial charge in [0, 0.05) is 6.04 Å². The molecule has 2 unspecified atom stereocenters. The minimum atomic E-state index is -0.195. The SMILES string of the molecule is CC1CCCC(C#N)(NC2CCCCC2)C1. The smallest absolute Gasteiger partial charge is 0.107 e. The number of rotatable bonds is 2. The monoisotopic (exact) mass is 220 g/mol. The highest BCUT2D eigenvalue weighted by molar-refractivity contribution is 5.10. The van der Waals surface area contributed by atoms with Crippen molar-refractivity contribution < 1.29 is 0 Å². The Morgan fingerprint density at radius 2 is 1.88 bits per heavy atom. The van der Waals surface area contributed by atoms with Crippen molar-refractivity contribution in [3.05, 3.63) is 0 Å². The summed E-state index contributed by atoms with van der Waals surface area (Å²) in [6.45, 7) is 2.29. The molecule has 0 aliphatic heterocycles. The van der Waals surface area contributed by atoms with E-state index in [-0.39, 0.29) is 5.54 Å². The van der Waals surface area contributed by atoms with Crippen LogP contribution in [-0.2, 0) is 0 Å². The molecule has 0 aromatic carbocycles. The molecular weight excluding hydrogens is 196 g/mol. The molecule has 2 rings (SSSR count). The second-order valence-corrected chi connectivity index (χ2v) is 5.87. The van der Waals surface area contributed by atoms with Gasteiger partial charge in [-0.1, -0.05) is 39.0 Å². The van der Waals surface area contributed by atoms with Crippen LogP contribution >= 0.6 is 0 Å². The molecule has 0 saturated heterocycles. The van der Waals surface area contributed by atoms with Gasteiger partial charge in [0.15, 0.2) is 0 Å². The first kappa shape index (κ1) is 11.9. The summed E-state index contributed by atoms with van der Waals surface area (Å²) < 4.78 is 0. The normalized spacial score (nSPS) is 36.9. The molecular formula is C14H24N2. The minimum absolute atomic E-state index is 0.195. The fourth-order valence-electron chi connectivity index (χ4n) is 3.45. The fourth-order valence-corrected chi connectivity index (χ4v) is 3.45. The third kappa shape index (κ3) is 2.77. The molecule has 0 aromatic rings. The quantitative estimate of drug-likeness (QED) is 0.774. The van der Waals surface area contributed by atoms with E-state index in [0.29, 0.717) is 12.0 Å². The van der Waals surface area contributed by atoms with E-state index in [9.17, 15) is 5.26 Å². The zero-order chi connectivity index (χ0) is 11.4. The zero-order valence-corrected chi connectivity index (χ0v) is 10.5. The Morgan fingerprint density at radius 1 is 1.12 bits per heavy atom. The van der Waals surface area contributed by atoms with Crippen molar-refractivity contribution in [3.63, 3.8) is 0 Å². The lowest BCUT2D eigenvalue weighted by molar-refractivity contribution is 0.203. The Bertz CT molecular complexity index is 262. The zero-order valence-electron chi connectivity index (χ0n) is 10.5. The summed E-state index contributed by atoms with van der Waals surface area (Å²) in [5, 5.41) is 13.2. The van der Waals surface area contributed by atoms with Crippen LogP contribution in [-0.4, -0.2) is 11.6 Å². The lowest BCUT2D eigenvalue weighted by Gasteiger charge is -2.39. The van der Waals surface area contributed by atoms with Gasteiger partial charge in [-0.15, -0.1) is 0 Å². The van der Waals surface area contributed by atoms with Crippen LogP contribution < -0.4 is 5.32 Å². The van der Waals surface area contributed by atoms with Crippen molar-refractivity contribution in [3.8, 4) is 6.07 Å². The van der Waals surface area contributed by atoms with Gasteiger partial charge in [0.2, 0.25) is 0 Å². The first-order valence-corrected chi connectivity index (χ1v) is 6.93. The summed E-state index contributed by atoms with van der Waals surface area (Å²) in [4.78, 5) is 0. The van der Waals surface area contributed by atoms with Gasteiger partial charge in [-0.2, -0.15) is 5.26 Å². The van der Waals surface area contributed by atoms with E-state index in [1.54, 1.807) is 0 Å². The predicted molar refractivity (Wildman–Crippen MR) is 66.0 cm³/mol. The summed E-state index contributed by atoms with van der Waals surface area (Å²) in [7, 11) is 0. The van der Waals surface area contributed by atoms with Gasteiger partial charge in [-0.25, -0.2) is 0 Å². The van der Waals surface area contributed by atoms with Crippen molar-refractivity contribution in [2.24, 2.45) is 5.92 Å². The van der Waals surface area contributed by atoms with Gasteiger partial charge in [-0.3, -0.25) is 5.32 Å². The van der Waals surface area contributed by atoms with Crippen LogP contribution in [0.2, 0.25) is 0 Å². The molecule has 2 saturated carbocycles. The molecule has 2 aliphatic carbocycles. The summed E-state index contributed by atoms with van der Waals surface area (Å²) in [6, 6.07) is 3.19. The van der Waals surface area contributed by atoms with Gasteiger partial charge in [0.05, 0.1) is 6.07 Å². The van der Waals surface area contributed by atoms with Crippen molar-refractivity contribution in [2.75, 3.05) is 0 Å². The maximum absolute atomic E-state index is 9.48. The molecule has 1 N–H and O–H groups in total. The molecule has 90 valence electrons. The molecule has 0 heterocycles. The van der Waals surface area contributed by atoms with E-state index in [0.717, 1.165) is 12.8 Å². The Morgan fingerprint density at radius 3 is 2.50 bits per heavy atom. The standard InChI is InChI=1S/C14H24N2/c1-12-6-5-9-14(10-12,11-15)16-13-7-3-2-4-8-13/h12-13,16H,2-10H2,1H3. The lowest BCUT2D eigenvalue weighted by Crippen LogP contribution is -2.52. The molecule has 2 nitrogen and oxygen atoms in total. The molecule has 0 bridgehead atoms. The largest absolute Gasteiger partial charge is 0.297 e. The predicted octanol–water partition coefficient (Wildman–Crippen LogP) is 3.38. The molecule has 2 atom stereocenters. The Kier molecular flexibility index (Phi) is 3.86. The molecule has 0 spiro atoms. The maximum atomic E-state index is 9.48. The Hall–Kier alpha value is -0.550. The van der Waals surface area contributed by atoms with Crippen LogP contribution in [0.1, 0.15) is 64.7 Å². The van der Waals surface area contributed by atoms with Crippen LogP contribution in [0.15, 0.2) is 0 Å². The topological polar surface area (TPSA) is 35.8 Å². The number of nitrogens with one attached hydrogen (secondary N) is 1. The third-order valence-electron chi connectivity index (χ3n) is 4.30. The molecule has 0 radical (unpaired) electrons. The average molecular weight is 220 g/mol. The highest BCUT2D eigenvalue weighted by Gasteiger charge is 2.36. The number of nitriles is 1. The molecule has 0 aromatic heterocycles. The molecule has 2 fully saturated rings. The highest BCUT2D eigenvalue weighted by Crippen LogP contribution is 2.33. The van der Waals surface area contributed by atoms with Crippen molar-refractivity contribution in [2.45, 2.75) is 76.3 Å². The Labute approximate surface area is 99.4 Å². The second kappa shape index (κ2) is 5.19. The number of hydrogen-bond donors (Lipinski definition) is 1. The maximum Gasteiger partial charge on any atom is 0.107 e. The van der Waals surface area contributed by atoms with Crippen molar-refractivity contribution in [1.82, 2.24) is 5.32 Å². The molecule has 2 aliphatic rings. The third-order valence-corrected chi connectivity index (χ3v) is 4.30. The van der Waals surface area contributed by atoms with Crippen molar-refractivity contribution in [1.29, 1.82) is 5.26 Å². The van der Waals surface area contributed by atoms with Crippen LogP contribution in [0.3, 0.4) is 0 Å². The number of hydrogen-bond acceptors (Lipinski definition) is 2. The van der Waals surface area contributed by atoms with E-state index in [4.69, 9.17) is 0 Å². The molecule has 2 heteroatoms. The van der Waals surface area contributed by atoms with Crippen LogP contribution in [0, 0.1) is 17.2 Å².